The van der Waals surface area contributed by atoms with Crippen LogP contribution < -0.4 is 0 Å². The van der Waals surface area contributed by atoms with E-state index in [1.165, 1.54) is 0 Å². The molecule has 2 saturated heterocycles. The predicted octanol–water partition coefficient (Wildman–Crippen LogP) is 2.01. The van der Waals surface area contributed by atoms with Gasteiger partial charge in [0.2, 0.25) is 5.91 Å². The van der Waals surface area contributed by atoms with Crippen LogP contribution in [0.15, 0.2) is 0 Å². The molecule has 5 nitrogen and oxygen atoms in total. The zero-order valence-corrected chi connectivity index (χ0v) is 14.1. The Labute approximate surface area is 131 Å². The molecule has 5 atom stereocenters. The van der Waals surface area contributed by atoms with Gasteiger partial charge in [0, 0.05) is 17.8 Å². The maximum Gasteiger partial charge on any atom is 0.327 e. The molecule has 0 aromatic carbocycles. The molecule has 0 spiro atoms. The summed E-state index contributed by atoms with van der Waals surface area (Å²) in [6.07, 6.45) is 3.00. The zero-order chi connectivity index (χ0) is 15.7. The first kappa shape index (κ1) is 16.6. The molecule has 1 N–H and O–H groups in total. The molecule has 0 saturated carbocycles. The van der Waals surface area contributed by atoms with Crippen LogP contribution in [0.2, 0.25) is 0 Å². The van der Waals surface area contributed by atoms with Gasteiger partial charge in [-0.1, -0.05) is 6.92 Å². The Bertz CT molecular complexity index is 408. The van der Waals surface area contributed by atoms with Crippen molar-refractivity contribution in [3.8, 4) is 0 Å². The first-order valence-corrected chi connectivity index (χ1v) is 8.87. The Hall–Kier alpha value is -0.750. The van der Waals surface area contributed by atoms with Crippen LogP contribution in [0, 0.1) is 0 Å². The molecule has 6 heteroatoms. The molecule has 5 unspecified atom stereocenters. The number of carbonyl (C=O) groups excluding carboxylic acids is 1. The minimum Gasteiger partial charge on any atom is -0.480 e. The lowest BCUT2D eigenvalue weighted by molar-refractivity contribution is -0.151. The number of carbonyl (C=O) groups is 2. The summed E-state index contributed by atoms with van der Waals surface area (Å²) in [4.78, 5) is 28.2. The number of carboxylic acids is 1. The summed E-state index contributed by atoms with van der Waals surface area (Å²) in [5, 5.41) is 9.37. The highest BCUT2D eigenvalue weighted by molar-refractivity contribution is 8.00. The summed E-state index contributed by atoms with van der Waals surface area (Å²) in [5.74, 6) is -0.418. The van der Waals surface area contributed by atoms with Crippen molar-refractivity contribution in [1.82, 2.24) is 9.80 Å². The maximum absolute atomic E-state index is 12.9. The molecule has 2 aliphatic heterocycles. The molecule has 2 fully saturated rings. The monoisotopic (exact) mass is 314 g/mol. The van der Waals surface area contributed by atoms with Crippen molar-refractivity contribution in [2.24, 2.45) is 0 Å². The molecule has 0 bridgehead atoms. The number of aliphatic carboxylic acids is 1. The zero-order valence-electron chi connectivity index (χ0n) is 13.3. The Morgan fingerprint density at radius 2 is 1.86 bits per heavy atom. The molecule has 2 rings (SSSR count). The standard InChI is InChI=1S/C15H26N2O3S/c1-5-13-17(12(8-21-13)15(19)20)14(18)11(4)16-9(2)6-7-10(16)3/h9-13H,5-8H2,1-4H3,(H,19,20). The molecular weight excluding hydrogens is 288 g/mol. The largest absolute Gasteiger partial charge is 0.480 e. The smallest absolute Gasteiger partial charge is 0.327 e. The van der Waals surface area contributed by atoms with Gasteiger partial charge in [-0.25, -0.2) is 4.79 Å². The molecule has 2 aliphatic rings. The maximum atomic E-state index is 12.9. The summed E-state index contributed by atoms with van der Waals surface area (Å²) in [5.41, 5.74) is 0. The molecule has 0 aromatic rings. The number of rotatable bonds is 4. The fraction of sp³-hybridized carbons (Fsp3) is 0.867. The third-order valence-electron chi connectivity index (χ3n) is 4.81. The van der Waals surface area contributed by atoms with Gasteiger partial charge in [0.25, 0.3) is 0 Å². The van der Waals surface area contributed by atoms with Crippen LogP contribution in [-0.4, -0.2) is 62.1 Å². The van der Waals surface area contributed by atoms with Gasteiger partial charge < -0.3 is 10.0 Å². The van der Waals surface area contributed by atoms with Crippen LogP contribution in [0.1, 0.15) is 47.0 Å². The highest BCUT2D eigenvalue weighted by Gasteiger charge is 2.45. The van der Waals surface area contributed by atoms with Crippen molar-refractivity contribution in [2.45, 2.75) is 76.5 Å². The van der Waals surface area contributed by atoms with Crippen molar-refractivity contribution in [3.63, 3.8) is 0 Å². The van der Waals surface area contributed by atoms with Crippen molar-refractivity contribution >= 4 is 23.6 Å². The van der Waals surface area contributed by atoms with E-state index in [-0.39, 0.29) is 17.3 Å². The van der Waals surface area contributed by atoms with Crippen LogP contribution in [0.5, 0.6) is 0 Å². The topological polar surface area (TPSA) is 60.9 Å². The van der Waals surface area contributed by atoms with E-state index in [9.17, 15) is 14.7 Å². The van der Waals surface area contributed by atoms with Crippen LogP contribution in [0.4, 0.5) is 0 Å². The quantitative estimate of drug-likeness (QED) is 0.860. The van der Waals surface area contributed by atoms with Crippen molar-refractivity contribution < 1.29 is 14.7 Å². The number of thioether (sulfide) groups is 1. The van der Waals surface area contributed by atoms with Gasteiger partial charge in [-0.3, -0.25) is 9.69 Å². The van der Waals surface area contributed by atoms with Gasteiger partial charge in [0.1, 0.15) is 6.04 Å². The van der Waals surface area contributed by atoms with E-state index in [1.807, 2.05) is 13.8 Å². The number of hydrogen-bond acceptors (Lipinski definition) is 4. The molecular formula is C15H26N2O3S. The third kappa shape index (κ3) is 3.06. The highest BCUT2D eigenvalue weighted by atomic mass is 32.2. The van der Waals surface area contributed by atoms with Gasteiger partial charge in [0.05, 0.1) is 11.4 Å². The normalized spacial score (nSPS) is 35.1. The van der Waals surface area contributed by atoms with Crippen molar-refractivity contribution in [2.75, 3.05) is 5.75 Å². The number of hydrogen-bond donors (Lipinski definition) is 1. The SMILES string of the molecule is CCC1SCC(C(=O)O)N1C(=O)C(C)N1C(C)CCC1C. The van der Waals surface area contributed by atoms with Gasteiger partial charge in [-0.05, 0) is 40.0 Å². The average molecular weight is 314 g/mol. The number of carboxylic acid groups (broad SMARTS) is 1. The first-order chi connectivity index (χ1) is 9.88. The summed E-state index contributed by atoms with van der Waals surface area (Å²) in [6.45, 7) is 8.24. The van der Waals surface area contributed by atoms with E-state index in [2.05, 4.69) is 18.7 Å². The Morgan fingerprint density at radius 1 is 1.29 bits per heavy atom. The van der Waals surface area contributed by atoms with Gasteiger partial charge in [-0.15, -0.1) is 11.8 Å². The summed E-state index contributed by atoms with van der Waals surface area (Å²) in [7, 11) is 0. The van der Waals surface area contributed by atoms with Crippen LogP contribution in [-0.2, 0) is 9.59 Å². The third-order valence-corrected chi connectivity index (χ3v) is 6.26. The fourth-order valence-electron chi connectivity index (χ4n) is 3.69. The van der Waals surface area contributed by atoms with E-state index >= 15 is 0 Å². The molecule has 21 heavy (non-hydrogen) atoms. The molecule has 1 amide bonds. The number of amides is 1. The Morgan fingerprint density at radius 3 is 2.33 bits per heavy atom. The lowest BCUT2D eigenvalue weighted by Crippen LogP contribution is -2.55. The molecule has 2 heterocycles. The second-order valence-corrected chi connectivity index (χ2v) is 7.41. The molecule has 0 radical (unpaired) electrons. The summed E-state index contributed by atoms with van der Waals surface area (Å²) < 4.78 is 0. The Balaban J connectivity index is 2.18. The summed E-state index contributed by atoms with van der Waals surface area (Å²) >= 11 is 1.58. The van der Waals surface area contributed by atoms with Gasteiger partial charge in [-0.2, -0.15) is 0 Å². The Kier molecular flexibility index (Phi) is 5.20. The fourth-order valence-corrected chi connectivity index (χ4v) is 5.04. The first-order valence-electron chi connectivity index (χ1n) is 7.82. The number of likely N-dealkylation sites (tertiary alicyclic amines) is 1. The number of nitrogens with zero attached hydrogens (tertiary/aromatic N) is 2. The molecule has 0 aliphatic carbocycles. The van der Waals surface area contributed by atoms with Crippen LogP contribution >= 0.6 is 11.8 Å². The van der Waals surface area contributed by atoms with E-state index in [4.69, 9.17) is 0 Å². The molecule has 120 valence electrons. The minimum absolute atomic E-state index is 0.00531. The average Bonchev–Trinajstić information content (AvgIpc) is 3.01. The van der Waals surface area contributed by atoms with E-state index in [0.717, 1.165) is 19.3 Å². The van der Waals surface area contributed by atoms with E-state index in [0.29, 0.717) is 17.8 Å². The van der Waals surface area contributed by atoms with Gasteiger partial charge in [0.15, 0.2) is 0 Å². The van der Waals surface area contributed by atoms with E-state index in [1.54, 1.807) is 16.7 Å². The molecule has 0 aromatic heterocycles. The van der Waals surface area contributed by atoms with Gasteiger partial charge >= 0.3 is 5.97 Å². The minimum atomic E-state index is -0.887. The predicted molar refractivity (Wildman–Crippen MR) is 84.3 cm³/mol. The summed E-state index contributed by atoms with van der Waals surface area (Å²) in [6, 6.07) is -0.148. The lowest BCUT2D eigenvalue weighted by atomic mass is 10.1. The lowest BCUT2D eigenvalue weighted by Gasteiger charge is -2.36. The van der Waals surface area contributed by atoms with E-state index < -0.39 is 12.0 Å². The second-order valence-electron chi connectivity index (χ2n) is 6.19. The highest BCUT2D eigenvalue weighted by Crippen LogP contribution is 2.34. The van der Waals surface area contributed by atoms with Crippen LogP contribution in [0.3, 0.4) is 0 Å². The van der Waals surface area contributed by atoms with Crippen LogP contribution in [0.25, 0.3) is 0 Å². The van der Waals surface area contributed by atoms with Crippen molar-refractivity contribution in [3.05, 3.63) is 0 Å². The second kappa shape index (κ2) is 6.57. The van der Waals surface area contributed by atoms with Crippen molar-refractivity contribution in [1.29, 1.82) is 0 Å².